The van der Waals surface area contributed by atoms with Crippen LogP contribution in [0.25, 0.3) is 0 Å². The first kappa shape index (κ1) is 19.2. The molecule has 3 heterocycles. The Hall–Kier alpha value is -2.14. The van der Waals surface area contributed by atoms with Crippen molar-refractivity contribution in [2.45, 2.75) is 52.1 Å². The Morgan fingerprint density at radius 1 is 1.11 bits per heavy atom. The maximum atomic E-state index is 12.5. The minimum atomic E-state index is 0.321. The Balaban J connectivity index is 1.32. The number of likely N-dealkylation sites (tertiary alicyclic amines) is 2. The molecule has 0 unspecified atom stereocenters. The summed E-state index contributed by atoms with van der Waals surface area (Å²) >= 11 is 0. The molecule has 2 aromatic rings. The molecule has 1 aromatic heterocycles. The fourth-order valence-electron chi connectivity index (χ4n) is 4.79. The number of aromatic nitrogens is 2. The van der Waals surface area contributed by atoms with E-state index in [1.807, 2.05) is 12.3 Å². The highest BCUT2D eigenvalue weighted by Crippen LogP contribution is 2.40. The highest BCUT2D eigenvalue weighted by Gasteiger charge is 2.40. The number of piperidine rings is 2. The van der Waals surface area contributed by atoms with Gasteiger partial charge in [0.1, 0.15) is 5.82 Å². The Morgan fingerprint density at radius 2 is 1.89 bits per heavy atom. The van der Waals surface area contributed by atoms with Crippen LogP contribution in [0.2, 0.25) is 0 Å². The molecule has 0 aliphatic carbocycles. The number of benzene rings is 1. The van der Waals surface area contributed by atoms with Crippen molar-refractivity contribution in [2.24, 2.45) is 5.41 Å². The first-order valence-corrected chi connectivity index (χ1v) is 10.7. The van der Waals surface area contributed by atoms with E-state index in [4.69, 9.17) is 0 Å². The van der Waals surface area contributed by atoms with Crippen molar-refractivity contribution in [3.63, 3.8) is 0 Å². The lowest BCUT2D eigenvalue weighted by Crippen LogP contribution is -2.51. The molecule has 2 aliphatic rings. The third-order valence-electron chi connectivity index (χ3n) is 6.69. The highest BCUT2D eigenvalue weighted by molar-refractivity contribution is 5.77. The van der Waals surface area contributed by atoms with Crippen LogP contribution in [0, 0.1) is 5.41 Å². The minimum absolute atomic E-state index is 0.321. The highest BCUT2D eigenvalue weighted by atomic mass is 16.2. The number of hydrogen-bond donors (Lipinski definition) is 0. The van der Waals surface area contributed by atoms with Gasteiger partial charge in [0.2, 0.25) is 5.91 Å². The van der Waals surface area contributed by atoms with E-state index in [0.717, 1.165) is 58.5 Å². The number of carbonyl (C=O) groups is 1. The van der Waals surface area contributed by atoms with Gasteiger partial charge in [-0.15, -0.1) is 0 Å². The summed E-state index contributed by atoms with van der Waals surface area (Å²) in [5, 5.41) is 0. The summed E-state index contributed by atoms with van der Waals surface area (Å²) in [5.74, 6) is 1.51. The molecule has 1 spiro atoms. The average Bonchev–Trinajstić information content (AvgIpc) is 3.18. The number of amides is 1. The molecule has 2 aliphatic heterocycles. The molecule has 150 valence electrons. The molecule has 1 aromatic carbocycles. The first-order chi connectivity index (χ1) is 13.7. The standard InChI is InChI=1S/C23H32N4O/c1-2-26-17-13-24-21(26)18-25-15-11-23(12-16-25)10-8-22(28)27(19-23)14-9-20-6-4-3-5-7-20/h3-7,13,17H,2,8-12,14-16,18-19H2,1H3. The van der Waals surface area contributed by atoms with Gasteiger partial charge in [-0.25, -0.2) is 4.98 Å². The minimum Gasteiger partial charge on any atom is -0.342 e. The average molecular weight is 381 g/mol. The van der Waals surface area contributed by atoms with Crippen molar-refractivity contribution in [1.82, 2.24) is 19.4 Å². The van der Waals surface area contributed by atoms with Gasteiger partial charge in [0.05, 0.1) is 6.54 Å². The Labute approximate surface area is 168 Å². The summed E-state index contributed by atoms with van der Waals surface area (Å²) in [6.45, 7) is 8.09. The molecule has 28 heavy (non-hydrogen) atoms. The lowest BCUT2D eigenvalue weighted by molar-refractivity contribution is -0.139. The van der Waals surface area contributed by atoms with E-state index in [-0.39, 0.29) is 0 Å². The van der Waals surface area contributed by atoms with Crippen LogP contribution in [0.15, 0.2) is 42.7 Å². The van der Waals surface area contributed by atoms with Gasteiger partial charge >= 0.3 is 0 Å². The van der Waals surface area contributed by atoms with Crippen molar-refractivity contribution >= 4 is 5.91 Å². The van der Waals surface area contributed by atoms with Crippen molar-refractivity contribution in [3.8, 4) is 0 Å². The molecule has 4 rings (SSSR count). The van der Waals surface area contributed by atoms with E-state index in [9.17, 15) is 4.79 Å². The number of hydrogen-bond acceptors (Lipinski definition) is 3. The summed E-state index contributed by atoms with van der Waals surface area (Å²) < 4.78 is 2.23. The van der Waals surface area contributed by atoms with E-state index < -0.39 is 0 Å². The SMILES string of the molecule is CCn1ccnc1CN1CCC2(CCC(=O)N(CCc3ccccc3)C2)CC1. The normalized spacial score (nSPS) is 20.0. The van der Waals surface area contributed by atoms with Gasteiger partial charge in [0.25, 0.3) is 0 Å². The topological polar surface area (TPSA) is 41.4 Å². The van der Waals surface area contributed by atoms with Crippen LogP contribution in [0.1, 0.15) is 44.0 Å². The molecular weight excluding hydrogens is 348 g/mol. The molecule has 2 fully saturated rings. The zero-order valence-electron chi connectivity index (χ0n) is 17.0. The van der Waals surface area contributed by atoms with Crippen LogP contribution < -0.4 is 0 Å². The summed E-state index contributed by atoms with van der Waals surface area (Å²) in [4.78, 5) is 21.7. The Morgan fingerprint density at radius 3 is 2.64 bits per heavy atom. The summed E-state index contributed by atoms with van der Waals surface area (Å²) in [6, 6.07) is 10.5. The van der Waals surface area contributed by atoms with Crippen LogP contribution in [0.3, 0.4) is 0 Å². The molecule has 0 bridgehead atoms. The zero-order valence-corrected chi connectivity index (χ0v) is 17.0. The van der Waals surface area contributed by atoms with Gasteiger partial charge in [-0.05, 0) is 56.7 Å². The van der Waals surface area contributed by atoms with E-state index in [2.05, 4.69) is 56.7 Å². The molecule has 2 saturated heterocycles. The monoisotopic (exact) mass is 380 g/mol. The summed E-state index contributed by atoms with van der Waals surface area (Å²) in [6.07, 6.45) is 9.08. The number of carbonyl (C=O) groups excluding carboxylic acids is 1. The van der Waals surface area contributed by atoms with E-state index >= 15 is 0 Å². The smallest absolute Gasteiger partial charge is 0.222 e. The third kappa shape index (κ3) is 4.30. The molecule has 0 radical (unpaired) electrons. The van der Waals surface area contributed by atoms with Crippen LogP contribution in [0.5, 0.6) is 0 Å². The van der Waals surface area contributed by atoms with Crippen molar-refractivity contribution in [1.29, 1.82) is 0 Å². The van der Waals surface area contributed by atoms with E-state index in [1.165, 1.54) is 24.2 Å². The quantitative estimate of drug-likeness (QED) is 0.772. The van der Waals surface area contributed by atoms with Gasteiger partial charge in [0.15, 0.2) is 0 Å². The largest absolute Gasteiger partial charge is 0.342 e. The fraction of sp³-hybridized carbons (Fsp3) is 0.565. The van der Waals surface area contributed by atoms with Gasteiger partial charge in [-0.2, -0.15) is 0 Å². The van der Waals surface area contributed by atoms with Gasteiger partial charge in [0, 0.05) is 38.4 Å². The number of rotatable bonds is 6. The summed E-state index contributed by atoms with van der Waals surface area (Å²) in [5.41, 5.74) is 1.64. The lowest BCUT2D eigenvalue weighted by Gasteiger charge is -2.47. The van der Waals surface area contributed by atoms with Gasteiger partial charge in [-0.1, -0.05) is 30.3 Å². The number of nitrogens with zero attached hydrogens (tertiary/aromatic N) is 4. The predicted molar refractivity (Wildman–Crippen MR) is 111 cm³/mol. The second-order valence-electron chi connectivity index (χ2n) is 8.46. The second-order valence-corrected chi connectivity index (χ2v) is 8.46. The van der Waals surface area contributed by atoms with Crippen molar-refractivity contribution in [2.75, 3.05) is 26.2 Å². The molecule has 0 saturated carbocycles. The molecule has 0 atom stereocenters. The molecule has 5 heteroatoms. The maximum absolute atomic E-state index is 12.5. The maximum Gasteiger partial charge on any atom is 0.222 e. The predicted octanol–water partition coefficient (Wildman–Crippen LogP) is 3.35. The first-order valence-electron chi connectivity index (χ1n) is 10.7. The molecule has 0 N–H and O–H groups in total. The van der Waals surface area contributed by atoms with E-state index in [0.29, 0.717) is 11.3 Å². The molecule has 5 nitrogen and oxygen atoms in total. The van der Waals surface area contributed by atoms with Crippen LogP contribution in [-0.4, -0.2) is 51.4 Å². The van der Waals surface area contributed by atoms with Crippen molar-refractivity contribution < 1.29 is 4.79 Å². The molecular formula is C23H32N4O. The summed E-state index contributed by atoms with van der Waals surface area (Å²) in [7, 11) is 0. The number of aryl methyl sites for hydroxylation is 1. The lowest BCUT2D eigenvalue weighted by atomic mass is 9.72. The second kappa shape index (κ2) is 8.48. The van der Waals surface area contributed by atoms with Gasteiger partial charge < -0.3 is 9.47 Å². The van der Waals surface area contributed by atoms with Gasteiger partial charge in [-0.3, -0.25) is 9.69 Å². The van der Waals surface area contributed by atoms with Crippen LogP contribution in [-0.2, 0) is 24.3 Å². The zero-order chi connectivity index (χ0) is 19.4. The third-order valence-corrected chi connectivity index (χ3v) is 6.69. The molecule has 1 amide bonds. The fourth-order valence-corrected chi connectivity index (χ4v) is 4.79. The van der Waals surface area contributed by atoms with Crippen LogP contribution >= 0.6 is 0 Å². The number of imidazole rings is 1. The Kier molecular flexibility index (Phi) is 5.81. The Bertz CT molecular complexity index is 777. The van der Waals surface area contributed by atoms with Crippen LogP contribution in [0.4, 0.5) is 0 Å². The van der Waals surface area contributed by atoms with Crippen molar-refractivity contribution in [3.05, 3.63) is 54.1 Å². The van der Waals surface area contributed by atoms with E-state index in [1.54, 1.807) is 0 Å².